The van der Waals surface area contributed by atoms with Gasteiger partial charge in [-0.15, -0.1) is 0 Å². The summed E-state index contributed by atoms with van der Waals surface area (Å²) < 4.78 is 0.860. The summed E-state index contributed by atoms with van der Waals surface area (Å²) in [6.45, 7) is 0. The van der Waals surface area contributed by atoms with Gasteiger partial charge in [-0.1, -0.05) is 81.2 Å². The lowest BCUT2D eigenvalue weighted by molar-refractivity contribution is -0.117. The molecule has 1 N–H and O–H groups in total. The standard InChI is InChI=1S/C25H16BrCl2N3O2S/c26-16-9-11-17(12-10-16)30-23(32)19(14-29)25-31(18-6-2-1-3-7-18)24(33)21(34-25)13-15-5-4-8-20(27)22(15)28/h1-12,21H,13H2,(H,30,32)/b25-19-/t21-/m0/s1. The van der Waals surface area contributed by atoms with Gasteiger partial charge in [0.05, 0.1) is 15.3 Å². The Balaban J connectivity index is 1.72. The number of nitrogens with one attached hydrogen (secondary N) is 1. The van der Waals surface area contributed by atoms with Gasteiger partial charge in [0.15, 0.2) is 0 Å². The maximum atomic E-state index is 13.5. The zero-order chi connectivity index (χ0) is 24.2. The predicted molar refractivity (Wildman–Crippen MR) is 141 cm³/mol. The predicted octanol–water partition coefficient (Wildman–Crippen LogP) is 6.82. The van der Waals surface area contributed by atoms with E-state index in [0.29, 0.717) is 33.4 Å². The van der Waals surface area contributed by atoms with Crippen molar-refractivity contribution in [2.75, 3.05) is 10.2 Å². The van der Waals surface area contributed by atoms with Crippen molar-refractivity contribution in [3.63, 3.8) is 0 Å². The quantitative estimate of drug-likeness (QED) is 0.269. The Morgan fingerprint density at radius 1 is 1.06 bits per heavy atom. The van der Waals surface area contributed by atoms with Crippen LogP contribution in [-0.4, -0.2) is 17.1 Å². The minimum atomic E-state index is -0.595. The maximum absolute atomic E-state index is 13.5. The summed E-state index contributed by atoms with van der Waals surface area (Å²) in [7, 11) is 0. The van der Waals surface area contributed by atoms with Crippen LogP contribution in [0.5, 0.6) is 0 Å². The van der Waals surface area contributed by atoms with E-state index in [4.69, 9.17) is 23.2 Å². The molecule has 0 aromatic heterocycles. The van der Waals surface area contributed by atoms with Gasteiger partial charge in [-0.3, -0.25) is 14.5 Å². The smallest absolute Gasteiger partial charge is 0.269 e. The number of nitriles is 1. The first-order valence-electron chi connectivity index (χ1n) is 10.1. The zero-order valence-electron chi connectivity index (χ0n) is 17.5. The third kappa shape index (κ3) is 5.16. The summed E-state index contributed by atoms with van der Waals surface area (Å²) in [6.07, 6.45) is 0.294. The van der Waals surface area contributed by atoms with E-state index in [1.54, 1.807) is 60.7 Å². The van der Waals surface area contributed by atoms with Crippen LogP contribution in [0.4, 0.5) is 11.4 Å². The van der Waals surface area contributed by atoms with Crippen molar-refractivity contribution < 1.29 is 9.59 Å². The fourth-order valence-corrected chi connectivity index (χ4v) is 5.39. The molecule has 0 saturated carbocycles. The molecule has 0 radical (unpaired) electrons. The molecule has 1 heterocycles. The third-order valence-corrected chi connectivity index (χ3v) is 7.71. The number of rotatable bonds is 5. The first kappa shape index (κ1) is 24.4. The van der Waals surface area contributed by atoms with Crippen LogP contribution in [0.3, 0.4) is 0 Å². The van der Waals surface area contributed by atoms with Crippen LogP contribution in [0.1, 0.15) is 5.56 Å². The number of hydrogen-bond donors (Lipinski definition) is 1. The topological polar surface area (TPSA) is 73.2 Å². The monoisotopic (exact) mass is 571 g/mol. The number of para-hydroxylation sites is 1. The molecule has 1 aliphatic heterocycles. The van der Waals surface area contributed by atoms with E-state index in [9.17, 15) is 14.9 Å². The van der Waals surface area contributed by atoms with Crippen LogP contribution in [-0.2, 0) is 16.0 Å². The highest BCUT2D eigenvalue weighted by atomic mass is 79.9. The molecule has 1 atom stereocenters. The van der Waals surface area contributed by atoms with Gasteiger partial charge in [-0.25, -0.2) is 0 Å². The molecule has 0 aliphatic carbocycles. The van der Waals surface area contributed by atoms with Gasteiger partial charge in [-0.2, -0.15) is 5.26 Å². The average molecular weight is 573 g/mol. The van der Waals surface area contributed by atoms with E-state index in [2.05, 4.69) is 21.2 Å². The van der Waals surface area contributed by atoms with Gasteiger partial charge in [0.2, 0.25) is 5.91 Å². The second-order valence-corrected chi connectivity index (χ2v) is 10.2. The van der Waals surface area contributed by atoms with E-state index in [0.717, 1.165) is 4.47 Å². The Morgan fingerprint density at radius 3 is 2.44 bits per heavy atom. The summed E-state index contributed by atoms with van der Waals surface area (Å²) in [4.78, 5) is 28.0. The number of halogens is 3. The summed E-state index contributed by atoms with van der Waals surface area (Å²) in [5.74, 6) is -0.839. The molecule has 1 saturated heterocycles. The lowest BCUT2D eigenvalue weighted by Crippen LogP contribution is -2.30. The number of thioether (sulfide) groups is 1. The number of carbonyl (C=O) groups excluding carboxylic acids is 2. The van der Waals surface area contributed by atoms with E-state index in [1.807, 2.05) is 18.2 Å². The summed E-state index contributed by atoms with van der Waals surface area (Å²) in [6, 6.07) is 23.2. The van der Waals surface area contributed by atoms with Crippen molar-refractivity contribution in [1.82, 2.24) is 0 Å². The second kappa shape index (κ2) is 10.7. The number of carbonyl (C=O) groups is 2. The summed E-state index contributed by atoms with van der Waals surface area (Å²) >= 11 is 17.0. The number of anilines is 2. The normalized spacial score (nSPS) is 16.8. The summed E-state index contributed by atoms with van der Waals surface area (Å²) in [5, 5.41) is 13.1. The molecule has 170 valence electrons. The van der Waals surface area contributed by atoms with Gasteiger partial charge in [0, 0.05) is 15.8 Å². The molecular formula is C25H16BrCl2N3O2S. The maximum Gasteiger partial charge on any atom is 0.269 e. The van der Waals surface area contributed by atoms with Crippen molar-refractivity contribution in [2.45, 2.75) is 11.7 Å². The largest absolute Gasteiger partial charge is 0.321 e. The number of amides is 2. The highest BCUT2D eigenvalue weighted by Crippen LogP contribution is 2.43. The van der Waals surface area contributed by atoms with Crippen molar-refractivity contribution in [1.29, 1.82) is 5.26 Å². The van der Waals surface area contributed by atoms with Crippen LogP contribution in [0.25, 0.3) is 0 Å². The molecule has 3 aromatic rings. The minimum absolute atomic E-state index is 0.148. The molecule has 2 amide bonds. The van der Waals surface area contributed by atoms with E-state index < -0.39 is 11.2 Å². The lowest BCUT2D eigenvalue weighted by atomic mass is 10.1. The Hall–Kier alpha value is -2.76. The average Bonchev–Trinajstić information content (AvgIpc) is 3.15. The van der Waals surface area contributed by atoms with E-state index >= 15 is 0 Å². The van der Waals surface area contributed by atoms with Gasteiger partial charge < -0.3 is 5.32 Å². The molecule has 34 heavy (non-hydrogen) atoms. The number of benzene rings is 3. The molecule has 0 bridgehead atoms. The molecule has 3 aromatic carbocycles. The Morgan fingerprint density at radius 2 is 1.76 bits per heavy atom. The molecule has 0 spiro atoms. The Labute approximate surface area is 219 Å². The highest BCUT2D eigenvalue weighted by Gasteiger charge is 2.41. The SMILES string of the molecule is N#C/C(C(=O)Nc1ccc(Br)cc1)=C1/S[C@@H](Cc2cccc(Cl)c2Cl)C(=O)N1c1ccccc1. The van der Waals surface area contributed by atoms with Crippen molar-refractivity contribution in [3.05, 3.63) is 103 Å². The summed E-state index contributed by atoms with van der Waals surface area (Å²) in [5.41, 5.74) is 1.67. The molecule has 0 unspecified atom stereocenters. The van der Waals surface area contributed by atoms with Crippen LogP contribution >= 0.6 is 50.9 Å². The number of nitrogens with zero attached hydrogens (tertiary/aromatic N) is 2. The molecular weight excluding hydrogens is 557 g/mol. The zero-order valence-corrected chi connectivity index (χ0v) is 21.4. The van der Waals surface area contributed by atoms with Crippen molar-refractivity contribution in [3.8, 4) is 6.07 Å². The lowest BCUT2D eigenvalue weighted by Gasteiger charge is -2.18. The van der Waals surface area contributed by atoms with Gasteiger partial charge in [-0.05, 0) is 54.4 Å². The van der Waals surface area contributed by atoms with E-state index in [1.165, 1.54) is 16.7 Å². The molecule has 4 rings (SSSR count). The molecule has 9 heteroatoms. The van der Waals surface area contributed by atoms with Crippen LogP contribution < -0.4 is 10.2 Å². The number of hydrogen-bond acceptors (Lipinski definition) is 4. The van der Waals surface area contributed by atoms with Crippen molar-refractivity contribution in [2.24, 2.45) is 0 Å². The molecule has 1 aliphatic rings. The van der Waals surface area contributed by atoms with Crippen LogP contribution in [0.15, 0.2) is 87.9 Å². The Kier molecular flexibility index (Phi) is 7.64. The van der Waals surface area contributed by atoms with Gasteiger partial charge in [0.25, 0.3) is 5.91 Å². The second-order valence-electron chi connectivity index (χ2n) is 7.29. The van der Waals surface area contributed by atoms with Gasteiger partial charge in [0.1, 0.15) is 16.7 Å². The fourth-order valence-electron chi connectivity index (χ4n) is 3.43. The highest BCUT2D eigenvalue weighted by molar-refractivity contribution is 9.10. The Bertz CT molecular complexity index is 1320. The molecule has 5 nitrogen and oxygen atoms in total. The minimum Gasteiger partial charge on any atom is -0.321 e. The third-order valence-electron chi connectivity index (χ3n) is 5.06. The van der Waals surface area contributed by atoms with Crippen molar-refractivity contribution >= 4 is 74.1 Å². The fraction of sp³-hybridized carbons (Fsp3) is 0.0800. The van der Waals surface area contributed by atoms with E-state index in [-0.39, 0.29) is 16.5 Å². The molecule has 1 fully saturated rings. The van der Waals surface area contributed by atoms with Gasteiger partial charge >= 0.3 is 0 Å². The van der Waals surface area contributed by atoms with Crippen LogP contribution in [0.2, 0.25) is 10.0 Å². The van der Waals surface area contributed by atoms with Crippen LogP contribution in [0, 0.1) is 11.3 Å². The first-order valence-corrected chi connectivity index (χ1v) is 12.5. The first-order chi connectivity index (χ1) is 16.4.